The van der Waals surface area contributed by atoms with Gasteiger partial charge in [0, 0.05) is 12.4 Å². The zero-order chi connectivity index (χ0) is 13.1. The Kier molecular flexibility index (Phi) is 4.11. The number of hydrogen-bond acceptors (Lipinski definition) is 3. The normalized spacial score (nSPS) is 12.4. The first-order valence-corrected chi connectivity index (χ1v) is 4.85. The molecule has 0 radical (unpaired) electrons. The van der Waals surface area contributed by atoms with Crippen molar-refractivity contribution in [2.24, 2.45) is 0 Å². The van der Waals surface area contributed by atoms with E-state index in [0.717, 1.165) is 11.8 Å². The van der Waals surface area contributed by atoms with Gasteiger partial charge < -0.3 is 5.32 Å². The number of hydrogen-bond donors (Lipinski definition) is 1. The van der Waals surface area contributed by atoms with Gasteiger partial charge in [-0.2, -0.15) is 13.2 Å². The highest BCUT2D eigenvalue weighted by Gasteiger charge is 2.40. The van der Waals surface area contributed by atoms with Gasteiger partial charge in [-0.3, -0.25) is 4.79 Å². The second-order valence-electron chi connectivity index (χ2n) is 3.18. The molecule has 0 bridgehead atoms. The number of ketones is 1. The number of allylic oxidation sites excluding steroid dienone is 1. The molecule has 1 N–H and O–H groups in total. The van der Waals surface area contributed by atoms with Crippen LogP contribution in [-0.2, 0) is 4.79 Å². The SMILES string of the molecule is Cc1ccnc(N/C=C(\Cl)C(=O)C(F)(F)F)c1. The summed E-state index contributed by atoms with van der Waals surface area (Å²) in [4.78, 5) is 14.5. The Hall–Kier alpha value is -1.56. The van der Waals surface area contributed by atoms with Gasteiger partial charge in [0.2, 0.25) is 0 Å². The second kappa shape index (κ2) is 5.18. The van der Waals surface area contributed by atoms with E-state index < -0.39 is 17.0 Å². The molecule has 1 heterocycles. The fourth-order valence-corrected chi connectivity index (χ4v) is 1.12. The third-order valence-electron chi connectivity index (χ3n) is 1.74. The molecule has 0 spiro atoms. The number of aryl methyl sites for hydroxylation is 1. The third-order valence-corrected chi connectivity index (χ3v) is 2.02. The van der Waals surface area contributed by atoms with Gasteiger partial charge in [-0.25, -0.2) is 4.98 Å². The Morgan fingerprint density at radius 2 is 2.18 bits per heavy atom. The fraction of sp³-hybridized carbons (Fsp3) is 0.200. The van der Waals surface area contributed by atoms with Crippen molar-refractivity contribution in [1.29, 1.82) is 0 Å². The molecule has 0 amide bonds. The summed E-state index contributed by atoms with van der Waals surface area (Å²) < 4.78 is 35.9. The zero-order valence-electron chi connectivity index (χ0n) is 8.68. The average molecular weight is 265 g/mol. The van der Waals surface area contributed by atoms with E-state index in [9.17, 15) is 18.0 Å². The zero-order valence-corrected chi connectivity index (χ0v) is 9.43. The highest BCUT2D eigenvalue weighted by atomic mass is 35.5. The number of rotatable bonds is 3. The number of pyridine rings is 1. The van der Waals surface area contributed by atoms with E-state index in [1.807, 2.05) is 0 Å². The number of halogens is 4. The highest BCUT2D eigenvalue weighted by molar-refractivity contribution is 6.43. The van der Waals surface area contributed by atoms with Crippen LogP contribution in [0, 0.1) is 6.92 Å². The van der Waals surface area contributed by atoms with Crippen LogP contribution in [0.2, 0.25) is 0 Å². The number of anilines is 1. The Morgan fingerprint density at radius 3 is 2.71 bits per heavy atom. The van der Waals surface area contributed by atoms with Crippen LogP contribution in [0.1, 0.15) is 5.56 Å². The van der Waals surface area contributed by atoms with E-state index in [1.165, 1.54) is 6.20 Å². The Bertz CT molecular complexity index is 457. The van der Waals surface area contributed by atoms with E-state index in [0.29, 0.717) is 5.82 Å². The lowest BCUT2D eigenvalue weighted by atomic mass is 10.3. The van der Waals surface area contributed by atoms with Gasteiger partial charge in [0.15, 0.2) is 0 Å². The topological polar surface area (TPSA) is 42.0 Å². The second-order valence-corrected chi connectivity index (χ2v) is 3.59. The minimum absolute atomic E-state index is 0.304. The number of carbonyl (C=O) groups excluding carboxylic acids is 1. The number of alkyl halides is 3. The summed E-state index contributed by atoms with van der Waals surface area (Å²) in [5, 5.41) is 1.47. The molecule has 1 rings (SSSR count). The van der Waals surface area contributed by atoms with E-state index in [2.05, 4.69) is 10.3 Å². The van der Waals surface area contributed by atoms with E-state index in [-0.39, 0.29) is 0 Å². The number of nitrogens with one attached hydrogen (secondary N) is 1. The average Bonchev–Trinajstić information content (AvgIpc) is 2.23. The summed E-state index contributed by atoms with van der Waals surface area (Å²) >= 11 is 5.21. The maximum atomic E-state index is 12.0. The van der Waals surface area contributed by atoms with Crippen molar-refractivity contribution in [1.82, 2.24) is 4.98 Å². The molecule has 0 aliphatic carbocycles. The van der Waals surface area contributed by atoms with Crippen LogP contribution in [0.25, 0.3) is 0 Å². The lowest BCUT2D eigenvalue weighted by Crippen LogP contribution is -2.23. The van der Waals surface area contributed by atoms with Gasteiger partial charge in [-0.15, -0.1) is 0 Å². The Morgan fingerprint density at radius 1 is 1.53 bits per heavy atom. The smallest absolute Gasteiger partial charge is 0.345 e. The lowest BCUT2D eigenvalue weighted by Gasteiger charge is -2.04. The monoisotopic (exact) mass is 264 g/mol. The van der Waals surface area contributed by atoms with Crippen LogP contribution >= 0.6 is 11.6 Å². The molecule has 0 aromatic carbocycles. The van der Waals surface area contributed by atoms with Crippen molar-refractivity contribution in [3.8, 4) is 0 Å². The van der Waals surface area contributed by atoms with Gasteiger partial charge >= 0.3 is 6.18 Å². The Balaban J connectivity index is 2.75. The van der Waals surface area contributed by atoms with Gasteiger partial charge in [0.05, 0.1) is 0 Å². The molecule has 3 nitrogen and oxygen atoms in total. The van der Waals surface area contributed by atoms with Crippen LogP contribution in [0.4, 0.5) is 19.0 Å². The first-order valence-electron chi connectivity index (χ1n) is 4.47. The first kappa shape index (κ1) is 13.5. The largest absolute Gasteiger partial charge is 0.455 e. The number of nitrogens with zero attached hydrogens (tertiary/aromatic N) is 1. The summed E-state index contributed by atoms with van der Waals surface area (Å²) in [7, 11) is 0. The van der Waals surface area contributed by atoms with Crippen molar-refractivity contribution >= 4 is 23.2 Å². The van der Waals surface area contributed by atoms with E-state index in [4.69, 9.17) is 11.6 Å². The minimum atomic E-state index is -4.98. The molecule has 0 fully saturated rings. The van der Waals surface area contributed by atoms with Gasteiger partial charge in [0.25, 0.3) is 5.78 Å². The number of Topliss-reactive ketones (excluding diaryl/α,β-unsaturated/α-hetero) is 1. The molecule has 7 heteroatoms. The van der Waals surface area contributed by atoms with Crippen LogP contribution in [0.15, 0.2) is 29.6 Å². The summed E-state index contributed by atoms with van der Waals surface area (Å²) in [5.74, 6) is -1.79. The van der Waals surface area contributed by atoms with Crippen molar-refractivity contribution < 1.29 is 18.0 Å². The van der Waals surface area contributed by atoms with Crippen molar-refractivity contribution in [2.45, 2.75) is 13.1 Å². The molecular formula is C10H8ClF3N2O. The molecule has 17 heavy (non-hydrogen) atoms. The van der Waals surface area contributed by atoms with Gasteiger partial charge in [-0.1, -0.05) is 11.6 Å². The molecule has 92 valence electrons. The standard InChI is InChI=1S/C10H8ClF3N2O/c1-6-2-3-15-8(4-6)16-5-7(11)9(17)10(12,13)14/h2-5H,1H3,(H,15,16)/b7-5-. The van der Waals surface area contributed by atoms with Gasteiger partial charge in [-0.05, 0) is 24.6 Å². The Labute approximate surface area is 100 Å². The summed E-state index contributed by atoms with van der Waals surface area (Å²) in [6, 6.07) is 3.32. The maximum Gasteiger partial charge on any atom is 0.455 e. The molecule has 0 saturated heterocycles. The molecule has 0 aliphatic rings. The number of carbonyl (C=O) groups is 1. The molecule has 0 saturated carbocycles. The maximum absolute atomic E-state index is 12.0. The summed E-state index contributed by atoms with van der Waals surface area (Å²) in [5.41, 5.74) is 0.870. The molecule has 1 aromatic rings. The van der Waals surface area contributed by atoms with Crippen molar-refractivity contribution in [3.63, 3.8) is 0 Å². The molecule has 0 aliphatic heterocycles. The molecular weight excluding hydrogens is 257 g/mol. The van der Waals surface area contributed by atoms with Crippen LogP contribution in [-0.4, -0.2) is 16.9 Å². The number of aromatic nitrogens is 1. The predicted octanol–water partition coefficient (Wildman–Crippen LogP) is 3.01. The summed E-state index contributed by atoms with van der Waals surface area (Å²) in [6.07, 6.45) is -2.74. The first-order chi connectivity index (χ1) is 7.80. The predicted molar refractivity (Wildman–Crippen MR) is 57.6 cm³/mol. The van der Waals surface area contributed by atoms with Gasteiger partial charge in [0.1, 0.15) is 10.9 Å². The summed E-state index contributed by atoms with van der Waals surface area (Å²) in [6.45, 7) is 1.79. The quantitative estimate of drug-likeness (QED) is 0.854. The van der Waals surface area contributed by atoms with E-state index >= 15 is 0 Å². The lowest BCUT2D eigenvalue weighted by molar-refractivity contribution is -0.165. The van der Waals surface area contributed by atoms with Crippen LogP contribution < -0.4 is 5.32 Å². The third kappa shape index (κ3) is 4.07. The van der Waals surface area contributed by atoms with Crippen LogP contribution in [0.3, 0.4) is 0 Å². The van der Waals surface area contributed by atoms with Crippen molar-refractivity contribution in [2.75, 3.05) is 5.32 Å². The fourth-order valence-electron chi connectivity index (χ4n) is 0.953. The molecule has 0 atom stereocenters. The highest BCUT2D eigenvalue weighted by Crippen LogP contribution is 2.22. The molecule has 1 aromatic heterocycles. The molecule has 0 unspecified atom stereocenters. The van der Waals surface area contributed by atoms with Crippen LogP contribution in [0.5, 0.6) is 0 Å². The van der Waals surface area contributed by atoms with E-state index in [1.54, 1.807) is 19.1 Å². The minimum Gasteiger partial charge on any atom is -0.345 e. The van der Waals surface area contributed by atoms with Crippen molar-refractivity contribution in [3.05, 3.63) is 35.1 Å².